The average Bonchev–Trinajstić information content (AvgIpc) is 4.10. The van der Waals surface area contributed by atoms with Crippen LogP contribution in [0.15, 0.2) is 158 Å². The summed E-state index contributed by atoms with van der Waals surface area (Å²) in [6.07, 6.45) is 18.0. The molecular formula is C70H75N3. The monoisotopic (exact) mass is 962 g/mol. The van der Waals surface area contributed by atoms with Crippen LogP contribution in [0.5, 0.6) is 0 Å². The van der Waals surface area contributed by atoms with E-state index >= 15 is 0 Å². The molecule has 73 heavy (non-hydrogen) atoms. The predicted molar refractivity (Wildman–Crippen MR) is 305 cm³/mol. The Labute approximate surface area is 442 Å². The number of hydrogen-bond acceptors (Lipinski definition) is 3. The van der Waals surface area contributed by atoms with E-state index in [4.69, 9.17) is 15.0 Å². The van der Waals surface area contributed by atoms with Gasteiger partial charge in [0, 0.05) is 51.6 Å². The lowest BCUT2D eigenvalue weighted by atomic mass is 9.65. The van der Waals surface area contributed by atoms with Gasteiger partial charge in [-0.15, -0.1) is 0 Å². The fraction of sp³-hybridized carbons (Fsp3) is 0.357. The van der Waals surface area contributed by atoms with Gasteiger partial charge in [0.2, 0.25) is 0 Å². The Morgan fingerprint density at radius 2 is 0.932 bits per heavy atom. The van der Waals surface area contributed by atoms with E-state index in [1.165, 1.54) is 77.5 Å². The first-order valence-corrected chi connectivity index (χ1v) is 27.6. The Bertz CT molecular complexity index is 3210. The van der Waals surface area contributed by atoms with E-state index in [0.717, 1.165) is 102 Å². The molecule has 3 heteroatoms. The zero-order chi connectivity index (χ0) is 53.4. The van der Waals surface area contributed by atoms with Crippen molar-refractivity contribution < 1.29 is 5.48 Å². The van der Waals surface area contributed by atoms with Gasteiger partial charge in [0.25, 0.3) is 0 Å². The van der Waals surface area contributed by atoms with Crippen LogP contribution >= 0.6 is 0 Å². The number of nitrogens with zero attached hydrogens (tertiary/aromatic N) is 3. The van der Waals surface area contributed by atoms with Crippen LogP contribution in [0.3, 0.4) is 0 Å². The first-order valence-electron chi connectivity index (χ1n) is 29.6. The fourth-order valence-electron chi connectivity index (χ4n) is 12.9. The van der Waals surface area contributed by atoms with Crippen LogP contribution in [0.25, 0.3) is 44.9 Å². The molecule has 0 atom stereocenters. The van der Waals surface area contributed by atoms with E-state index in [1.54, 1.807) is 6.20 Å². The van der Waals surface area contributed by atoms with Crippen LogP contribution < -0.4 is 0 Å². The first kappa shape index (κ1) is 44.1. The lowest BCUT2D eigenvalue weighted by molar-refractivity contribution is 0.287. The second-order valence-electron chi connectivity index (χ2n) is 22.4. The molecule has 0 radical (unpaired) electrons. The predicted octanol–water partition coefficient (Wildman–Crippen LogP) is 18.1. The quantitative estimate of drug-likeness (QED) is 0.109. The number of aryl methyl sites for hydroxylation is 6. The van der Waals surface area contributed by atoms with Crippen molar-refractivity contribution in [2.24, 2.45) is 0 Å². The van der Waals surface area contributed by atoms with Crippen LogP contribution in [0.2, 0.25) is 0 Å². The van der Waals surface area contributed by atoms with Gasteiger partial charge in [0.15, 0.2) is 0 Å². The van der Waals surface area contributed by atoms with Crippen LogP contribution in [0.1, 0.15) is 162 Å². The van der Waals surface area contributed by atoms with E-state index in [9.17, 15) is 5.48 Å². The second-order valence-corrected chi connectivity index (χ2v) is 22.4. The van der Waals surface area contributed by atoms with Crippen molar-refractivity contribution in [3.8, 4) is 44.9 Å². The molecule has 5 aromatic carbocycles. The highest BCUT2D eigenvalue weighted by Crippen LogP contribution is 2.46. The minimum Gasteiger partial charge on any atom is -0.256 e. The minimum absolute atomic E-state index is 0.208. The summed E-state index contributed by atoms with van der Waals surface area (Å²) in [4.78, 5) is 15.2. The number of benzene rings is 5. The molecule has 0 saturated heterocycles. The zero-order valence-corrected chi connectivity index (χ0v) is 43.7. The minimum atomic E-state index is -2.49. The molecule has 3 heterocycles. The lowest BCUT2D eigenvalue weighted by Gasteiger charge is -2.39. The molecule has 3 nitrogen and oxygen atoms in total. The van der Waals surface area contributed by atoms with Crippen LogP contribution in [-0.2, 0) is 36.4 Å². The summed E-state index contributed by atoms with van der Waals surface area (Å²) in [6.45, 7) is 8.60. The maximum Gasteiger partial charge on any atom is 0.0708 e. The molecule has 0 unspecified atom stereocenters. The van der Waals surface area contributed by atoms with Gasteiger partial charge in [-0.3, -0.25) is 15.0 Å². The van der Waals surface area contributed by atoms with Crippen molar-refractivity contribution in [3.63, 3.8) is 0 Å². The summed E-state index contributed by atoms with van der Waals surface area (Å²) in [5.41, 5.74) is 18.5. The molecule has 3 aliphatic carbocycles. The molecule has 0 bridgehead atoms. The topological polar surface area (TPSA) is 38.7 Å². The van der Waals surface area contributed by atoms with Gasteiger partial charge in [-0.2, -0.15) is 0 Å². The molecule has 8 aromatic rings. The molecule has 370 valence electrons. The standard InChI is InChI=1S/C70H75N3/c1-49-20-23-60(38-51(49)3)66-32-30-63(47-72-66)69(34-12-6-13-35-69)44-54-40-53(41-55(42-54)45-70(36-14-7-15-37-70)64-31-33-67(73-48-64)61-24-21-50(2)52(4)39-61)22-25-62-46-71-68(59-18-8-5-9-19-59)43-65(62)58-28-26-57(27-29-58)56-16-10-11-17-56/h5,8-9,18-21,23-24,26-33,38-43,46-48,56H,6-7,10-17,22,25,34-37,44-45H2,1-4H3/i22D2,25D2. The summed E-state index contributed by atoms with van der Waals surface area (Å²) in [5.74, 6) is 0.542. The zero-order valence-electron chi connectivity index (χ0n) is 47.7. The van der Waals surface area contributed by atoms with E-state index < -0.39 is 12.7 Å². The number of hydrogen-bond donors (Lipinski definition) is 0. The van der Waals surface area contributed by atoms with Gasteiger partial charge in [-0.25, -0.2) is 0 Å². The lowest BCUT2D eigenvalue weighted by Crippen LogP contribution is -2.33. The van der Waals surface area contributed by atoms with Gasteiger partial charge >= 0.3 is 0 Å². The summed E-state index contributed by atoms with van der Waals surface area (Å²) < 4.78 is 41.0. The Balaban J connectivity index is 1.02. The largest absolute Gasteiger partial charge is 0.256 e. The average molecular weight is 962 g/mol. The van der Waals surface area contributed by atoms with E-state index in [2.05, 4.69) is 131 Å². The van der Waals surface area contributed by atoms with Gasteiger partial charge in [0.05, 0.1) is 17.1 Å². The van der Waals surface area contributed by atoms with Crippen molar-refractivity contribution >= 4 is 0 Å². The Hall–Kier alpha value is -6.45. The molecule has 0 amide bonds. The smallest absolute Gasteiger partial charge is 0.0708 e. The van der Waals surface area contributed by atoms with E-state index in [0.29, 0.717) is 29.9 Å². The third-order valence-corrected chi connectivity index (χ3v) is 17.5. The third kappa shape index (κ3) is 10.8. The maximum atomic E-state index is 10.3. The number of aromatic nitrogens is 3. The first-order chi connectivity index (χ1) is 37.2. The molecular weight excluding hydrogens is 883 g/mol. The van der Waals surface area contributed by atoms with Gasteiger partial charge < -0.3 is 0 Å². The summed E-state index contributed by atoms with van der Waals surface area (Å²) in [6, 6.07) is 49.1. The van der Waals surface area contributed by atoms with E-state index in [-0.39, 0.29) is 16.4 Å². The third-order valence-electron chi connectivity index (χ3n) is 17.5. The molecule has 3 aromatic heterocycles. The maximum absolute atomic E-state index is 10.3. The summed E-state index contributed by atoms with van der Waals surface area (Å²) in [7, 11) is 0. The van der Waals surface area contributed by atoms with Gasteiger partial charge in [-0.1, -0.05) is 161 Å². The van der Waals surface area contributed by atoms with Crippen LogP contribution in [-0.4, -0.2) is 15.0 Å². The van der Waals surface area contributed by atoms with E-state index in [1.807, 2.05) is 48.5 Å². The molecule has 11 rings (SSSR count). The highest BCUT2D eigenvalue weighted by Gasteiger charge is 2.37. The number of pyridine rings is 3. The molecule has 3 fully saturated rings. The second kappa shape index (κ2) is 21.6. The Morgan fingerprint density at radius 3 is 1.44 bits per heavy atom. The van der Waals surface area contributed by atoms with Crippen molar-refractivity contribution in [3.05, 3.63) is 219 Å². The molecule has 0 aliphatic heterocycles. The van der Waals surface area contributed by atoms with Crippen LogP contribution in [0.4, 0.5) is 0 Å². The van der Waals surface area contributed by atoms with Gasteiger partial charge in [-0.05, 0) is 200 Å². The highest BCUT2D eigenvalue weighted by atomic mass is 14.7. The van der Waals surface area contributed by atoms with Crippen molar-refractivity contribution in [1.29, 1.82) is 0 Å². The SMILES string of the molecule is [2H]C([2H])(c1cc(CC2(c3ccc(-c4ccc(C)c(C)c4)nc3)CCCCC2)cc(CC2(c3ccc(-c4ccc(C)c(C)c4)nc3)CCCCC2)c1)C([2H])([2H])c1cnc(-c2ccccc2)cc1-c1ccc(C2CCCC2)cc1. The van der Waals surface area contributed by atoms with Gasteiger partial charge in [0.1, 0.15) is 0 Å². The Kier molecular flexibility index (Phi) is 13.0. The molecule has 0 spiro atoms. The summed E-state index contributed by atoms with van der Waals surface area (Å²) >= 11 is 0. The summed E-state index contributed by atoms with van der Waals surface area (Å²) in [5, 5.41) is 0. The number of rotatable bonds is 14. The fourth-order valence-corrected chi connectivity index (χ4v) is 12.9. The molecule has 3 aliphatic rings. The molecule has 0 N–H and O–H groups in total. The highest BCUT2D eigenvalue weighted by molar-refractivity contribution is 5.73. The van der Waals surface area contributed by atoms with Crippen molar-refractivity contribution in [1.82, 2.24) is 15.0 Å². The van der Waals surface area contributed by atoms with Crippen molar-refractivity contribution in [2.75, 3.05) is 0 Å². The molecule has 3 saturated carbocycles. The van der Waals surface area contributed by atoms with Crippen molar-refractivity contribution in [2.45, 2.75) is 160 Å². The Morgan fingerprint density at radius 1 is 0.425 bits per heavy atom. The normalized spacial score (nSPS) is 17.9. The van der Waals surface area contributed by atoms with Crippen LogP contribution in [0, 0.1) is 27.7 Å².